The van der Waals surface area contributed by atoms with Crippen molar-refractivity contribution in [1.29, 1.82) is 0 Å². The number of esters is 1. The average molecular weight is 704 g/mol. The monoisotopic (exact) mass is 703 g/mol. The predicted octanol–water partition coefficient (Wildman–Crippen LogP) is 6.06. The standard InChI is InChI=1S/C40H65NO9/c1-25-13-8-9-17-33(42)29(5)36(27(3)22-30-14-12-15-31(24-30)47-6)49-39(45)32-16-10-11-20-41(32)38(44)37(43)40(46)28(4)23-35(48-7)34(50-40)19-18-26(2)21-25/h13,22,26,28-36,42,46H,8-12,14-21,23-24H2,1-7H3/b25-13+,27-22+/t26?,28?,29-,30?,31?,32+,33?,34?,35?,36?,40?/m1/s1. The number of carbonyl (C=O) groups excluding carboxylic acids is 3. The summed E-state index contributed by atoms with van der Waals surface area (Å²) in [5.41, 5.74) is 2.14. The third kappa shape index (κ3) is 10.1. The fourth-order valence-corrected chi connectivity index (χ4v) is 8.71. The van der Waals surface area contributed by atoms with Gasteiger partial charge in [-0.1, -0.05) is 44.9 Å². The quantitative estimate of drug-likeness (QED) is 0.204. The van der Waals surface area contributed by atoms with Crippen LogP contribution in [0.25, 0.3) is 0 Å². The van der Waals surface area contributed by atoms with E-state index < -0.39 is 59.6 Å². The molecule has 11 atom stereocenters. The lowest BCUT2D eigenvalue weighted by Gasteiger charge is -2.45. The number of carbonyl (C=O) groups is 3. The zero-order valence-electron chi connectivity index (χ0n) is 31.7. The van der Waals surface area contributed by atoms with Crippen molar-refractivity contribution in [3.05, 3.63) is 23.3 Å². The molecule has 1 aliphatic carbocycles. The Morgan fingerprint density at radius 2 is 1.72 bits per heavy atom. The Bertz CT molecular complexity index is 1220. The van der Waals surface area contributed by atoms with E-state index in [0.29, 0.717) is 44.4 Å². The topological polar surface area (TPSA) is 132 Å². The van der Waals surface area contributed by atoms with E-state index in [2.05, 4.69) is 26.0 Å². The number of nitrogens with zero attached hydrogens (tertiary/aromatic N) is 1. The fraction of sp³-hybridized carbons (Fsp3) is 0.825. The van der Waals surface area contributed by atoms with Crippen molar-refractivity contribution in [2.45, 2.75) is 167 Å². The van der Waals surface area contributed by atoms with Crippen molar-refractivity contribution < 1.29 is 43.5 Å². The van der Waals surface area contributed by atoms with Gasteiger partial charge in [0.2, 0.25) is 5.79 Å². The number of rotatable bonds is 4. The van der Waals surface area contributed by atoms with Crippen molar-refractivity contribution in [2.24, 2.45) is 23.7 Å². The highest BCUT2D eigenvalue weighted by atomic mass is 16.7. The van der Waals surface area contributed by atoms with E-state index in [-0.39, 0.29) is 24.7 Å². The Labute approximate surface area is 300 Å². The molecule has 2 N–H and O–H groups in total. The number of aliphatic hydroxyl groups is 2. The summed E-state index contributed by atoms with van der Waals surface area (Å²) in [6.07, 6.45) is 12.7. The normalized spacial score (nSPS) is 40.6. The second-order valence-corrected chi connectivity index (χ2v) is 15.9. The number of allylic oxidation sites excluding steroid dienone is 3. The van der Waals surface area contributed by atoms with Crippen LogP contribution < -0.4 is 0 Å². The first-order valence-corrected chi connectivity index (χ1v) is 19.3. The van der Waals surface area contributed by atoms with Gasteiger partial charge in [0.25, 0.3) is 11.7 Å². The summed E-state index contributed by atoms with van der Waals surface area (Å²) >= 11 is 0. The lowest BCUT2D eigenvalue weighted by atomic mass is 9.83. The molecule has 0 radical (unpaired) electrons. The molecule has 3 fully saturated rings. The number of ether oxygens (including phenoxy) is 4. The molecule has 9 unspecified atom stereocenters. The Hall–Kier alpha value is -2.11. The summed E-state index contributed by atoms with van der Waals surface area (Å²) in [5, 5.41) is 23.2. The second kappa shape index (κ2) is 18.6. The minimum atomic E-state index is -2.33. The van der Waals surface area contributed by atoms with Crippen molar-refractivity contribution in [1.82, 2.24) is 4.90 Å². The lowest BCUT2D eigenvalue weighted by molar-refractivity contribution is -0.287. The van der Waals surface area contributed by atoms with Gasteiger partial charge >= 0.3 is 5.97 Å². The Kier molecular flexibility index (Phi) is 15.1. The second-order valence-electron chi connectivity index (χ2n) is 15.9. The van der Waals surface area contributed by atoms with Crippen LogP contribution in [0.4, 0.5) is 0 Å². The van der Waals surface area contributed by atoms with E-state index in [1.165, 1.54) is 10.5 Å². The number of fused-ring (bicyclic) bond motifs is 3. The van der Waals surface area contributed by atoms with E-state index in [1.807, 2.05) is 13.8 Å². The van der Waals surface area contributed by atoms with Crippen LogP contribution in [0.1, 0.15) is 125 Å². The van der Waals surface area contributed by atoms with Crippen LogP contribution in [0.3, 0.4) is 0 Å². The molecule has 3 aliphatic heterocycles. The SMILES string of the molecule is COC1CCCC(/C=C(\C)C2OC(=O)[C@@H]3CCCCN3C(=O)C(=O)C3(O)OC(CCC(C)C/C(C)=C/CCCC(O)[C@H]2C)C(OC)CC3C)C1. The van der Waals surface area contributed by atoms with Crippen LogP contribution >= 0.6 is 0 Å². The molecule has 2 bridgehead atoms. The van der Waals surface area contributed by atoms with Crippen LogP contribution in [0.5, 0.6) is 0 Å². The first-order valence-electron chi connectivity index (χ1n) is 19.3. The minimum absolute atomic E-state index is 0.187. The number of aliphatic hydroxyl groups excluding tert-OH is 1. The highest BCUT2D eigenvalue weighted by Crippen LogP contribution is 2.38. The summed E-state index contributed by atoms with van der Waals surface area (Å²) in [7, 11) is 3.35. The van der Waals surface area contributed by atoms with Crippen molar-refractivity contribution in [3.63, 3.8) is 0 Å². The highest BCUT2D eigenvalue weighted by molar-refractivity contribution is 6.39. The number of Topliss-reactive ketones (excluding diaryl/α,β-unsaturated/α-hetero) is 1. The minimum Gasteiger partial charge on any atom is -0.456 e. The molecule has 10 nitrogen and oxygen atoms in total. The van der Waals surface area contributed by atoms with Crippen LogP contribution in [0.2, 0.25) is 0 Å². The number of hydrogen-bond donors (Lipinski definition) is 2. The van der Waals surface area contributed by atoms with E-state index in [4.69, 9.17) is 18.9 Å². The molecular weight excluding hydrogens is 638 g/mol. The average Bonchev–Trinajstić information content (AvgIpc) is 3.11. The van der Waals surface area contributed by atoms with Crippen LogP contribution in [-0.4, -0.2) is 95.9 Å². The van der Waals surface area contributed by atoms with Gasteiger partial charge in [-0.2, -0.15) is 0 Å². The number of hydrogen-bond acceptors (Lipinski definition) is 9. The molecule has 1 saturated carbocycles. The van der Waals surface area contributed by atoms with Crippen LogP contribution in [0.15, 0.2) is 23.3 Å². The summed E-state index contributed by atoms with van der Waals surface area (Å²) in [4.78, 5) is 43.4. The zero-order valence-corrected chi connectivity index (χ0v) is 31.7. The molecule has 0 spiro atoms. The van der Waals surface area contributed by atoms with Gasteiger partial charge in [-0.15, -0.1) is 0 Å². The maximum absolute atomic E-state index is 14.1. The molecular formula is C40H65NO9. The number of methoxy groups -OCH3 is 2. The van der Waals surface area contributed by atoms with E-state index in [1.54, 1.807) is 21.1 Å². The number of piperidine rings is 1. The molecule has 0 aromatic rings. The smallest absolute Gasteiger partial charge is 0.329 e. The first kappa shape index (κ1) is 40.7. The molecule has 284 valence electrons. The molecule has 0 aromatic carbocycles. The molecule has 1 amide bonds. The first-order chi connectivity index (χ1) is 23.8. The van der Waals surface area contributed by atoms with Gasteiger partial charge in [0, 0.05) is 32.6 Å². The third-order valence-electron chi connectivity index (χ3n) is 11.9. The Morgan fingerprint density at radius 3 is 2.44 bits per heavy atom. The van der Waals surface area contributed by atoms with Gasteiger partial charge in [0.05, 0.1) is 24.4 Å². The third-order valence-corrected chi connectivity index (χ3v) is 11.9. The maximum atomic E-state index is 14.1. The molecule has 10 heteroatoms. The molecule has 4 rings (SSSR count). The van der Waals surface area contributed by atoms with Gasteiger partial charge in [0.1, 0.15) is 12.1 Å². The molecule has 0 aromatic heterocycles. The zero-order chi connectivity index (χ0) is 36.6. The van der Waals surface area contributed by atoms with E-state index >= 15 is 0 Å². The Balaban J connectivity index is 1.66. The van der Waals surface area contributed by atoms with E-state index in [9.17, 15) is 24.6 Å². The highest BCUT2D eigenvalue weighted by Gasteiger charge is 2.55. The van der Waals surface area contributed by atoms with Crippen LogP contribution in [-0.2, 0) is 33.3 Å². The number of ketones is 1. The van der Waals surface area contributed by atoms with Gasteiger partial charge in [-0.05, 0) is 115 Å². The molecule has 2 saturated heterocycles. The predicted molar refractivity (Wildman–Crippen MR) is 191 cm³/mol. The Morgan fingerprint density at radius 1 is 0.960 bits per heavy atom. The van der Waals surface area contributed by atoms with Crippen molar-refractivity contribution >= 4 is 17.7 Å². The largest absolute Gasteiger partial charge is 0.456 e. The van der Waals surface area contributed by atoms with Gasteiger partial charge in [-0.3, -0.25) is 9.59 Å². The van der Waals surface area contributed by atoms with E-state index in [0.717, 1.165) is 56.9 Å². The molecule has 50 heavy (non-hydrogen) atoms. The fourth-order valence-electron chi connectivity index (χ4n) is 8.71. The van der Waals surface area contributed by atoms with Gasteiger partial charge < -0.3 is 34.1 Å². The van der Waals surface area contributed by atoms with Gasteiger partial charge in [0.15, 0.2) is 0 Å². The van der Waals surface area contributed by atoms with Crippen LogP contribution in [0, 0.1) is 23.7 Å². The lowest BCUT2D eigenvalue weighted by Crippen LogP contribution is -2.62. The molecule has 4 aliphatic rings. The van der Waals surface area contributed by atoms with Gasteiger partial charge in [-0.25, -0.2) is 4.79 Å². The summed E-state index contributed by atoms with van der Waals surface area (Å²) in [6.45, 7) is 10.1. The van der Waals surface area contributed by atoms with Crippen molar-refractivity contribution in [2.75, 3.05) is 20.8 Å². The molecule has 3 heterocycles. The maximum Gasteiger partial charge on any atom is 0.329 e. The van der Waals surface area contributed by atoms with Crippen molar-refractivity contribution in [3.8, 4) is 0 Å². The number of amides is 1. The summed E-state index contributed by atoms with van der Waals surface area (Å²) in [5.74, 6) is -5.41. The summed E-state index contributed by atoms with van der Waals surface area (Å²) in [6, 6.07) is -0.986. The number of cyclic esters (lactones) is 1. The summed E-state index contributed by atoms with van der Waals surface area (Å²) < 4.78 is 23.9.